The lowest BCUT2D eigenvalue weighted by Crippen LogP contribution is -2.32. The molecule has 84 valence electrons. The third kappa shape index (κ3) is 1.48. The summed E-state index contributed by atoms with van der Waals surface area (Å²) >= 11 is 0. The van der Waals surface area contributed by atoms with Crippen LogP contribution in [0.4, 0.5) is 0 Å². The highest BCUT2D eigenvalue weighted by Crippen LogP contribution is 2.09. The number of primary amides is 1. The van der Waals surface area contributed by atoms with Crippen molar-refractivity contribution in [2.75, 3.05) is 0 Å². The van der Waals surface area contributed by atoms with E-state index in [1.807, 2.05) is 6.92 Å². The van der Waals surface area contributed by atoms with Gasteiger partial charge < -0.3 is 10.7 Å². The Morgan fingerprint density at radius 1 is 1.62 bits per heavy atom. The summed E-state index contributed by atoms with van der Waals surface area (Å²) in [6.07, 6.45) is 1.33. The van der Waals surface area contributed by atoms with Crippen LogP contribution in [0.1, 0.15) is 18.7 Å². The van der Waals surface area contributed by atoms with Gasteiger partial charge in [-0.2, -0.15) is 0 Å². The molecular weight excluding hydrogens is 208 g/mol. The van der Waals surface area contributed by atoms with Gasteiger partial charge in [-0.15, -0.1) is 0 Å². The second-order valence-electron chi connectivity index (χ2n) is 3.75. The van der Waals surface area contributed by atoms with Gasteiger partial charge in [0.15, 0.2) is 0 Å². The number of rotatable bonds is 2. The molecule has 0 fully saturated rings. The van der Waals surface area contributed by atoms with Crippen molar-refractivity contribution in [2.24, 2.45) is 5.73 Å². The Hall–Kier alpha value is -2.11. The molecule has 2 heterocycles. The number of amides is 1. The zero-order valence-electron chi connectivity index (χ0n) is 9.02. The molecule has 6 nitrogen and oxygen atoms in total. The van der Waals surface area contributed by atoms with Crippen molar-refractivity contribution in [3.8, 4) is 0 Å². The number of nitrogens with one attached hydrogen (secondary N) is 1. The summed E-state index contributed by atoms with van der Waals surface area (Å²) in [5.41, 5.74) is 6.26. The van der Waals surface area contributed by atoms with Gasteiger partial charge in [0, 0.05) is 5.69 Å². The molecule has 2 rings (SSSR count). The Balaban J connectivity index is 2.69. The fourth-order valence-electron chi connectivity index (χ4n) is 1.56. The maximum absolute atomic E-state index is 12.0. The van der Waals surface area contributed by atoms with E-state index in [2.05, 4.69) is 9.97 Å². The van der Waals surface area contributed by atoms with Crippen LogP contribution in [0.15, 0.2) is 17.2 Å². The van der Waals surface area contributed by atoms with Crippen LogP contribution in [0, 0.1) is 6.92 Å². The lowest BCUT2D eigenvalue weighted by atomic mass is 10.3. The maximum atomic E-state index is 12.0. The van der Waals surface area contributed by atoms with Crippen LogP contribution in [-0.2, 0) is 4.79 Å². The lowest BCUT2D eigenvalue weighted by Gasteiger charge is -2.09. The molecule has 16 heavy (non-hydrogen) atoms. The highest BCUT2D eigenvalue weighted by atomic mass is 16.2. The standard InChI is InChI=1S/C10H12N4O2/c1-5-3-7-9(13-5)12-4-14(10(7)16)6(2)8(11)15/h3-4,6,13H,1-2H3,(H2,11,15). The van der Waals surface area contributed by atoms with E-state index in [0.717, 1.165) is 5.69 Å². The molecule has 1 atom stereocenters. The number of nitrogens with zero attached hydrogens (tertiary/aromatic N) is 2. The number of nitrogens with two attached hydrogens (primary N) is 1. The van der Waals surface area contributed by atoms with Crippen molar-refractivity contribution in [1.29, 1.82) is 0 Å². The van der Waals surface area contributed by atoms with Crippen molar-refractivity contribution < 1.29 is 4.79 Å². The van der Waals surface area contributed by atoms with Crippen LogP contribution < -0.4 is 11.3 Å². The van der Waals surface area contributed by atoms with Crippen molar-refractivity contribution in [3.05, 3.63) is 28.4 Å². The molecule has 0 aliphatic heterocycles. The molecule has 0 aromatic carbocycles. The van der Waals surface area contributed by atoms with Gasteiger partial charge >= 0.3 is 0 Å². The molecule has 3 N–H and O–H groups in total. The quantitative estimate of drug-likeness (QED) is 0.750. The van der Waals surface area contributed by atoms with E-state index in [1.54, 1.807) is 13.0 Å². The minimum atomic E-state index is -0.695. The summed E-state index contributed by atoms with van der Waals surface area (Å²) in [5, 5.41) is 0.466. The average Bonchev–Trinajstić information content (AvgIpc) is 2.59. The van der Waals surface area contributed by atoms with Gasteiger partial charge in [-0.3, -0.25) is 14.2 Å². The lowest BCUT2D eigenvalue weighted by molar-refractivity contribution is -0.120. The smallest absolute Gasteiger partial charge is 0.263 e. The summed E-state index contributed by atoms with van der Waals surface area (Å²) < 4.78 is 1.23. The zero-order valence-corrected chi connectivity index (χ0v) is 9.02. The zero-order chi connectivity index (χ0) is 11.9. The van der Waals surface area contributed by atoms with E-state index >= 15 is 0 Å². The summed E-state index contributed by atoms with van der Waals surface area (Å²) in [6.45, 7) is 3.40. The topological polar surface area (TPSA) is 93.8 Å². The fourth-order valence-corrected chi connectivity index (χ4v) is 1.56. The van der Waals surface area contributed by atoms with Crippen LogP contribution in [0.5, 0.6) is 0 Å². The molecule has 0 radical (unpaired) electrons. The van der Waals surface area contributed by atoms with Gasteiger partial charge in [0.1, 0.15) is 18.0 Å². The Morgan fingerprint density at radius 3 is 2.94 bits per heavy atom. The van der Waals surface area contributed by atoms with Crippen LogP contribution >= 0.6 is 0 Å². The van der Waals surface area contributed by atoms with E-state index in [1.165, 1.54) is 10.9 Å². The first-order valence-electron chi connectivity index (χ1n) is 4.86. The van der Waals surface area contributed by atoms with Gasteiger partial charge in [-0.1, -0.05) is 0 Å². The second kappa shape index (κ2) is 3.48. The molecule has 0 aliphatic rings. The number of hydrogen-bond donors (Lipinski definition) is 2. The number of aromatic nitrogens is 3. The molecule has 2 aromatic rings. The van der Waals surface area contributed by atoms with Crippen molar-refractivity contribution in [1.82, 2.24) is 14.5 Å². The van der Waals surface area contributed by atoms with Crippen molar-refractivity contribution in [2.45, 2.75) is 19.9 Å². The number of hydrogen-bond acceptors (Lipinski definition) is 3. The van der Waals surface area contributed by atoms with E-state index < -0.39 is 11.9 Å². The average molecular weight is 220 g/mol. The molecule has 0 bridgehead atoms. The van der Waals surface area contributed by atoms with Crippen LogP contribution in [-0.4, -0.2) is 20.4 Å². The van der Waals surface area contributed by atoms with Crippen molar-refractivity contribution in [3.63, 3.8) is 0 Å². The number of carbonyl (C=O) groups is 1. The molecule has 0 spiro atoms. The summed E-state index contributed by atoms with van der Waals surface area (Å²) in [7, 11) is 0. The predicted octanol–water partition coefficient (Wildman–Crippen LogP) is 0.0793. The first-order chi connectivity index (χ1) is 7.50. The van der Waals surface area contributed by atoms with Gasteiger partial charge in [0.2, 0.25) is 5.91 Å². The monoisotopic (exact) mass is 220 g/mol. The SMILES string of the molecule is Cc1cc2c(=O)n(C(C)C(N)=O)cnc2[nH]1. The predicted molar refractivity (Wildman–Crippen MR) is 59.0 cm³/mol. The van der Waals surface area contributed by atoms with E-state index in [0.29, 0.717) is 11.0 Å². The van der Waals surface area contributed by atoms with Gasteiger partial charge in [0.25, 0.3) is 5.56 Å². The van der Waals surface area contributed by atoms with E-state index in [4.69, 9.17) is 5.73 Å². The first kappa shape index (κ1) is 10.4. The summed E-state index contributed by atoms with van der Waals surface area (Å²) in [6, 6.07) is 1.01. The van der Waals surface area contributed by atoms with E-state index in [9.17, 15) is 9.59 Å². The van der Waals surface area contributed by atoms with E-state index in [-0.39, 0.29) is 5.56 Å². The molecule has 2 aromatic heterocycles. The van der Waals surface area contributed by atoms with Crippen molar-refractivity contribution >= 4 is 16.9 Å². The van der Waals surface area contributed by atoms with Crippen LogP contribution in [0.2, 0.25) is 0 Å². The molecule has 1 amide bonds. The Bertz CT molecular complexity index is 611. The maximum Gasteiger partial charge on any atom is 0.263 e. The Morgan fingerprint density at radius 2 is 2.31 bits per heavy atom. The molecular formula is C10H12N4O2. The largest absolute Gasteiger partial charge is 0.368 e. The molecule has 1 unspecified atom stereocenters. The molecule has 0 aliphatic carbocycles. The minimum absolute atomic E-state index is 0.263. The van der Waals surface area contributed by atoms with Crippen LogP contribution in [0.3, 0.4) is 0 Å². The number of aryl methyl sites for hydroxylation is 1. The van der Waals surface area contributed by atoms with Crippen LogP contribution in [0.25, 0.3) is 11.0 Å². The third-order valence-electron chi connectivity index (χ3n) is 2.54. The second-order valence-corrected chi connectivity index (χ2v) is 3.75. The van der Waals surface area contributed by atoms with Gasteiger partial charge in [-0.05, 0) is 19.9 Å². The molecule has 6 heteroatoms. The Labute approximate surface area is 91.1 Å². The Kier molecular flexibility index (Phi) is 2.26. The number of H-pyrrole nitrogens is 1. The highest BCUT2D eigenvalue weighted by Gasteiger charge is 2.15. The minimum Gasteiger partial charge on any atom is -0.368 e. The normalized spacial score (nSPS) is 12.9. The third-order valence-corrected chi connectivity index (χ3v) is 2.54. The van der Waals surface area contributed by atoms with Gasteiger partial charge in [-0.25, -0.2) is 4.98 Å². The number of carbonyl (C=O) groups excluding carboxylic acids is 1. The first-order valence-corrected chi connectivity index (χ1v) is 4.86. The number of aromatic amines is 1. The highest BCUT2D eigenvalue weighted by molar-refractivity contribution is 5.79. The molecule has 0 saturated heterocycles. The summed E-state index contributed by atoms with van der Waals surface area (Å²) in [4.78, 5) is 30.0. The fraction of sp³-hybridized carbons (Fsp3) is 0.300. The summed E-state index contributed by atoms with van der Waals surface area (Å²) in [5.74, 6) is -0.560. The van der Waals surface area contributed by atoms with Gasteiger partial charge in [0.05, 0.1) is 5.39 Å². The molecule has 0 saturated carbocycles. The number of fused-ring (bicyclic) bond motifs is 1.